The van der Waals surface area contributed by atoms with E-state index < -0.39 is 6.04 Å². The van der Waals surface area contributed by atoms with E-state index in [0.717, 1.165) is 12.8 Å². The van der Waals surface area contributed by atoms with Crippen molar-refractivity contribution in [1.29, 1.82) is 0 Å². The fourth-order valence-corrected chi connectivity index (χ4v) is 1.37. The van der Waals surface area contributed by atoms with Crippen molar-refractivity contribution in [1.82, 2.24) is 9.97 Å². The van der Waals surface area contributed by atoms with Gasteiger partial charge in [-0.2, -0.15) is 0 Å². The molecule has 0 aliphatic carbocycles. The van der Waals surface area contributed by atoms with Crippen molar-refractivity contribution >= 4 is 5.78 Å². The molecule has 1 aromatic heterocycles. The van der Waals surface area contributed by atoms with E-state index >= 15 is 0 Å². The average Bonchev–Trinajstić information content (AvgIpc) is 2.34. The summed E-state index contributed by atoms with van der Waals surface area (Å²) in [6.07, 6.45) is 5.54. The van der Waals surface area contributed by atoms with Gasteiger partial charge in [-0.25, -0.2) is 9.97 Å². The maximum absolute atomic E-state index is 11.9. The van der Waals surface area contributed by atoms with Gasteiger partial charge in [0.1, 0.15) is 0 Å². The molecule has 0 amide bonds. The van der Waals surface area contributed by atoms with Crippen LogP contribution in [0.5, 0.6) is 5.88 Å². The first-order valence-electron chi connectivity index (χ1n) is 5.35. The van der Waals surface area contributed by atoms with Gasteiger partial charge in [-0.05, 0) is 6.42 Å². The number of ketones is 1. The van der Waals surface area contributed by atoms with E-state index in [4.69, 9.17) is 10.5 Å². The Morgan fingerprint density at radius 2 is 2.19 bits per heavy atom. The predicted molar refractivity (Wildman–Crippen MR) is 60.4 cm³/mol. The van der Waals surface area contributed by atoms with Crippen molar-refractivity contribution in [3.63, 3.8) is 0 Å². The molecule has 0 saturated heterocycles. The number of nitrogens with zero attached hydrogens (tertiary/aromatic N) is 2. The summed E-state index contributed by atoms with van der Waals surface area (Å²) in [6, 6.07) is -0.523. The Labute approximate surface area is 95.0 Å². The van der Waals surface area contributed by atoms with Crippen LogP contribution >= 0.6 is 0 Å². The van der Waals surface area contributed by atoms with E-state index in [2.05, 4.69) is 16.9 Å². The highest BCUT2D eigenvalue weighted by Gasteiger charge is 2.21. The molecule has 1 rings (SSSR count). The van der Waals surface area contributed by atoms with E-state index in [-0.39, 0.29) is 17.4 Å². The van der Waals surface area contributed by atoms with Gasteiger partial charge >= 0.3 is 0 Å². The van der Waals surface area contributed by atoms with Crippen LogP contribution in [0.1, 0.15) is 36.7 Å². The zero-order chi connectivity index (χ0) is 12.0. The van der Waals surface area contributed by atoms with Gasteiger partial charge in [0.2, 0.25) is 11.7 Å². The Bertz CT molecular complexity index is 355. The molecule has 0 aliphatic rings. The number of unbranched alkanes of at least 4 members (excludes halogenated alkanes) is 1. The second-order valence-corrected chi connectivity index (χ2v) is 3.53. The van der Waals surface area contributed by atoms with Gasteiger partial charge in [-0.15, -0.1) is 0 Å². The zero-order valence-corrected chi connectivity index (χ0v) is 9.64. The van der Waals surface area contributed by atoms with Crippen LogP contribution in [0.3, 0.4) is 0 Å². The third-order valence-corrected chi connectivity index (χ3v) is 2.30. The summed E-state index contributed by atoms with van der Waals surface area (Å²) < 4.78 is 4.97. The minimum absolute atomic E-state index is 0.210. The van der Waals surface area contributed by atoms with Crippen molar-refractivity contribution in [3.05, 3.63) is 18.1 Å². The summed E-state index contributed by atoms with van der Waals surface area (Å²) in [5, 5.41) is 0. The normalized spacial score (nSPS) is 12.2. The summed E-state index contributed by atoms with van der Waals surface area (Å²) in [4.78, 5) is 19.8. The topological polar surface area (TPSA) is 78.1 Å². The number of carbonyl (C=O) groups is 1. The third kappa shape index (κ3) is 3.00. The quantitative estimate of drug-likeness (QED) is 0.733. The number of carbonyl (C=O) groups excluding carboxylic acids is 1. The number of nitrogens with two attached hydrogens (primary N) is 1. The van der Waals surface area contributed by atoms with Crippen LogP contribution in [0.2, 0.25) is 0 Å². The van der Waals surface area contributed by atoms with Crippen molar-refractivity contribution in [3.8, 4) is 5.88 Å². The molecule has 1 unspecified atom stereocenters. The summed E-state index contributed by atoms with van der Waals surface area (Å²) in [6.45, 7) is 2.06. The molecule has 5 nitrogen and oxygen atoms in total. The summed E-state index contributed by atoms with van der Waals surface area (Å²) >= 11 is 0. The number of hydrogen-bond acceptors (Lipinski definition) is 5. The molecule has 1 heterocycles. The molecule has 16 heavy (non-hydrogen) atoms. The van der Waals surface area contributed by atoms with E-state index in [1.807, 2.05) is 0 Å². The van der Waals surface area contributed by atoms with Crippen molar-refractivity contribution in [2.75, 3.05) is 7.11 Å². The Morgan fingerprint density at radius 3 is 2.81 bits per heavy atom. The number of rotatable bonds is 6. The van der Waals surface area contributed by atoms with Gasteiger partial charge in [0.25, 0.3) is 0 Å². The average molecular weight is 223 g/mol. The molecular weight excluding hydrogens is 206 g/mol. The van der Waals surface area contributed by atoms with Crippen molar-refractivity contribution < 1.29 is 9.53 Å². The van der Waals surface area contributed by atoms with Crippen LogP contribution in [0.4, 0.5) is 0 Å². The molecule has 0 aliphatic heterocycles. The Kier molecular flexibility index (Phi) is 4.85. The van der Waals surface area contributed by atoms with Gasteiger partial charge in [-0.3, -0.25) is 4.79 Å². The summed E-state index contributed by atoms with van der Waals surface area (Å²) in [5.41, 5.74) is 6.00. The standard InChI is InChI=1S/C11H17N3O2/c1-3-4-5-8(12)10(15)9-11(16-2)14-7-6-13-9/h6-8H,3-5,12H2,1-2H3. The van der Waals surface area contributed by atoms with E-state index in [9.17, 15) is 4.79 Å². The lowest BCUT2D eigenvalue weighted by molar-refractivity contribution is 0.0947. The fourth-order valence-electron chi connectivity index (χ4n) is 1.37. The van der Waals surface area contributed by atoms with Crippen LogP contribution in [-0.2, 0) is 0 Å². The number of methoxy groups -OCH3 is 1. The molecular formula is C11H17N3O2. The molecule has 2 N–H and O–H groups in total. The minimum Gasteiger partial charge on any atom is -0.479 e. The molecule has 0 spiro atoms. The Balaban J connectivity index is 2.79. The molecule has 0 aromatic carbocycles. The first-order valence-corrected chi connectivity index (χ1v) is 5.35. The fraction of sp³-hybridized carbons (Fsp3) is 0.545. The van der Waals surface area contributed by atoms with Gasteiger partial charge in [0.05, 0.1) is 13.2 Å². The van der Waals surface area contributed by atoms with Crippen molar-refractivity contribution in [2.45, 2.75) is 32.2 Å². The van der Waals surface area contributed by atoms with Gasteiger partial charge in [-0.1, -0.05) is 19.8 Å². The first kappa shape index (κ1) is 12.6. The van der Waals surface area contributed by atoms with Crippen LogP contribution in [0, 0.1) is 0 Å². The Hall–Kier alpha value is -1.49. The smallest absolute Gasteiger partial charge is 0.243 e. The summed E-state index contributed by atoms with van der Waals surface area (Å²) in [7, 11) is 1.46. The number of ether oxygens (including phenoxy) is 1. The maximum atomic E-state index is 11.9. The maximum Gasteiger partial charge on any atom is 0.243 e. The highest BCUT2D eigenvalue weighted by Crippen LogP contribution is 2.14. The largest absolute Gasteiger partial charge is 0.479 e. The molecule has 0 radical (unpaired) electrons. The van der Waals surface area contributed by atoms with Gasteiger partial charge in [0, 0.05) is 12.4 Å². The zero-order valence-electron chi connectivity index (χ0n) is 9.64. The molecule has 88 valence electrons. The number of Topliss-reactive ketones (excluding diaryl/α,β-unsaturated/α-hetero) is 1. The SMILES string of the molecule is CCCCC(N)C(=O)c1nccnc1OC. The minimum atomic E-state index is -0.523. The van der Waals surface area contributed by atoms with E-state index in [1.54, 1.807) is 0 Å². The summed E-state index contributed by atoms with van der Waals surface area (Å²) in [5.74, 6) is 0.0258. The van der Waals surface area contributed by atoms with Crippen molar-refractivity contribution in [2.24, 2.45) is 5.73 Å². The second-order valence-electron chi connectivity index (χ2n) is 3.53. The van der Waals surface area contributed by atoms with Crippen LogP contribution in [0.25, 0.3) is 0 Å². The van der Waals surface area contributed by atoms with Crippen LogP contribution in [-0.4, -0.2) is 28.9 Å². The molecule has 5 heteroatoms. The second kappa shape index (κ2) is 6.17. The van der Waals surface area contributed by atoms with E-state index in [1.165, 1.54) is 19.5 Å². The molecule has 1 aromatic rings. The van der Waals surface area contributed by atoms with Gasteiger partial charge in [0.15, 0.2) is 5.69 Å². The molecule has 0 fully saturated rings. The van der Waals surface area contributed by atoms with E-state index in [0.29, 0.717) is 6.42 Å². The lowest BCUT2D eigenvalue weighted by Gasteiger charge is -2.10. The molecule has 1 atom stereocenters. The Morgan fingerprint density at radius 1 is 1.50 bits per heavy atom. The first-order chi connectivity index (χ1) is 7.70. The third-order valence-electron chi connectivity index (χ3n) is 2.30. The predicted octanol–water partition coefficient (Wildman–Crippen LogP) is 1.19. The molecule has 0 bridgehead atoms. The monoisotopic (exact) mass is 223 g/mol. The number of hydrogen-bond donors (Lipinski definition) is 1. The molecule has 0 saturated carbocycles. The van der Waals surface area contributed by atoms with Crippen LogP contribution < -0.4 is 10.5 Å². The highest BCUT2D eigenvalue weighted by atomic mass is 16.5. The highest BCUT2D eigenvalue weighted by molar-refractivity contribution is 6.00. The van der Waals surface area contributed by atoms with Gasteiger partial charge < -0.3 is 10.5 Å². The number of aromatic nitrogens is 2. The lowest BCUT2D eigenvalue weighted by atomic mass is 10.0. The lowest BCUT2D eigenvalue weighted by Crippen LogP contribution is -2.31. The van der Waals surface area contributed by atoms with Crippen LogP contribution in [0.15, 0.2) is 12.4 Å².